The summed E-state index contributed by atoms with van der Waals surface area (Å²) in [5.41, 5.74) is 4.90. The molecule has 1 aliphatic heterocycles. The van der Waals surface area contributed by atoms with Gasteiger partial charge in [0.2, 0.25) is 0 Å². The summed E-state index contributed by atoms with van der Waals surface area (Å²) >= 11 is 0. The number of ether oxygens (including phenoxy) is 1. The van der Waals surface area contributed by atoms with E-state index in [0.717, 1.165) is 19.4 Å². The second-order valence-corrected chi connectivity index (χ2v) is 5.91. The van der Waals surface area contributed by atoms with Crippen LogP contribution in [0.3, 0.4) is 0 Å². The van der Waals surface area contributed by atoms with Crippen LogP contribution < -0.4 is 5.73 Å². The molecule has 2 aliphatic rings. The fourth-order valence-electron chi connectivity index (χ4n) is 2.47. The number of hydrogen-bond acceptors (Lipinski definition) is 4. The molecule has 1 atom stereocenters. The van der Waals surface area contributed by atoms with Crippen LogP contribution >= 0.6 is 0 Å². The Balaban J connectivity index is 2.09. The van der Waals surface area contributed by atoms with Gasteiger partial charge in [0.25, 0.3) is 0 Å². The van der Waals surface area contributed by atoms with Crippen molar-refractivity contribution in [3.8, 4) is 0 Å². The van der Waals surface area contributed by atoms with Crippen LogP contribution in [0.25, 0.3) is 0 Å². The fourth-order valence-corrected chi connectivity index (χ4v) is 2.47. The van der Waals surface area contributed by atoms with Gasteiger partial charge >= 0.3 is 5.97 Å². The van der Waals surface area contributed by atoms with Crippen LogP contribution in [0.5, 0.6) is 0 Å². The number of morpholine rings is 1. The van der Waals surface area contributed by atoms with Crippen molar-refractivity contribution in [2.24, 2.45) is 11.7 Å². The molecule has 0 radical (unpaired) electrons. The quantitative estimate of drug-likeness (QED) is 0.741. The van der Waals surface area contributed by atoms with Crippen molar-refractivity contribution >= 4 is 5.97 Å². The van der Waals surface area contributed by atoms with Crippen molar-refractivity contribution in [1.29, 1.82) is 0 Å². The van der Waals surface area contributed by atoms with E-state index in [1.165, 1.54) is 0 Å². The average molecular weight is 242 g/mol. The number of carboxylic acid groups (broad SMARTS) is 1. The van der Waals surface area contributed by atoms with Crippen LogP contribution in [0.4, 0.5) is 0 Å². The molecule has 1 heterocycles. The maximum atomic E-state index is 11.4. The van der Waals surface area contributed by atoms with E-state index in [0.29, 0.717) is 19.8 Å². The van der Waals surface area contributed by atoms with Gasteiger partial charge in [-0.15, -0.1) is 0 Å². The summed E-state index contributed by atoms with van der Waals surface area (Å²) in [6, 6.07) is 0. The van der Waals surface area contributed by atoms with Gasteiger partial charge in [0.1, 0.15) is 5.54 Å². The Kier molecular flexibility index (Phi) is 3.18. The van der Waals surface area contributed by atoms with Crippen molar-refractivity contribution in [1.82, 2.24) is 4.90 Å². The Hall–Kier alpha value is -0.650. The maximum absolute atomic E-state index is 11.4. The Morgan fingerprint density at radius 3 is 2.71 bits per heavy atom. The zero-order chi connectivity index (χ0) is 12.7. The molecule has 0 aromatic rings. The lowest BCUT2D eigenvalue weighted by Crippen LogP contribution is -2.64. The molecule has 2 fully saturated rings. The van der Waals surface area contributed by atoms with E-state index >= 15 is 0 Å². The highest BCUT2D eigenvalue weighted by Gasteiger charge is 2.50. The number of rotatable bonds is 4. The monoisotopic (exact) mass is 242 g/mol. The molecule has 0 bridgehead atoms. The molecular formula is C12H22N2O3. The third-order valence-corrected chi connectivity index (χ3v) is 3.97. The lowest BCUT2D eigenvalue weighted by Gasteiger charge is -2.45. The molecule has 2 rings (SSSR count). The van der Waals surface area contributed by atoms with Crippen LogP contribution in [0, 0.1) is 5.92 Å². The molecule has 1 saturated carbocycles. The molecule has 0 spiro atoms. The highest BCUT2D eigenvalue weighted by atomic mass is 16.5. The summed E-state index contributed by atoms with van der Waals surface area (Å²) in [5, 5.41) is 9.36. The van der Waals surface area contributed by atoms with E-state index in [1.807, 2.05) is 0 Å². The lowest BCUT2D eigenvalue weighted by atomic mass is 9.91. The molecule has 1 unspecified atom stereocenters. The summed E-state index contributed by atoms with van der Waals surface area (Å²) in [6.45, 7) is 6.61. The predicted molar refractivity (Wildman–Crippen MR) is 63.7 cm³/mol. The van der Waals surface area contributed by atoms with Gasteiger partial charge in [-0.1, -0.05) is 0 Å². The highest BCUT2D eigenvalue weighted by Crippen LogP contribution is 2.39. The first-order chi connectivity index (χ1) is 7.86. The Bertz CT molecular complexity index is 315. The topological polar surface area (TPSA) is 75.8 Å². The van der Waals surface area contributed by atoms with E-state index < -0.39 is 11.5 Å². The maximum Gasteiger partial charge on any atom is 0.325 e. The van der Waals surface area contributed by atoms with E-state index in [9.17, 15) is 9.90 Å². The number of carboxylic acids is 1. The highest BCUT2D eigenvalue weighted by molar-refractivity contribution is 5.80. The standard InChI is InChI=1S/C12H22N2O3/c1-11(2)8-17-6-5-14(11)7-12(13,10(15)16)9-3-4-9/h9H,3-8,13H2,1-2H3,(H,15,16). The van der Waals surface area contributed by atoms with E-state index in [-0.39, 0.29) is 11.5 Å². The lowest BCUT2D eigenvalue weighted by molar-refractivity contribution is -0.147. The van der Waals surface area contributed by atoms with Gasteiger partial charge in [0.15, 0.2) is 0 Å². The number of hydrogen-bond donors (Lipinski definition) is 2. The van der Waals surface area contributed by atoms with Crippen LogP contribution in [-0.2, 0) is 9.53 Å². The van der Waals surface area contributed by atoms with Gasteiger partial charge < -0.3 is 15.6 Å². The SMILES string of the molecule is CC1(C)COCCN1CC(N)(C(=O)O)C1CC1. The molecule has 3 N–H and O–H groups in total. The van der Waals surface area contributed by atoms with Gasteiger partial charge in [-0.25, -0.2) is 0 Å². The molecule has 17 heavy (non-hydrogen) atoms. The third-order valence-electron chi connectivity index (χ3n) is 3.97. The van der Waals surface area contributed by atoms with E-state index in [2.05, 4.69) is 18.7 Å². The first-order valence-electron chi connectivity index (χ1n) is 6.21. The van der Waals surface area contributed by atoms with Crippen molar-refractivity contribution in [2.45, 2.75) is 37.8 Å². The van der Waals surface area contributed by atoms with Crippen molar-refractivity contribution in [3.05, 3.63) is 0 Å². The first-order valence-corrected chi connectivity index (χ1v) is 6.21. The fraction of sp³-hybridized carbons (Fsp3) is 0.917. The van der Waals surface area contributed by atoms with Crippen LogP contribution in [0.15, 0.2) is 0 Å². The third kappa shape index (κ3) is 2.46. The largest absolute Gasteiger partial charge is 0.480 e. The zero-order valence-electron chi connectivity index (χ0n) is 10.6. The Labute approximate surface area is 102 Å². The normalized spacial score (nSPS) is 28.6. The number of carbonyl (C=O) groups is 1. The first kappa shape index (κ1) is 12.8. The van der Waals surface area contributed by atoms with Crippen LogP contribution in [0.2, 0.25) is 0 Å². The molecular weight excluding hydrogens is 220 g/mol. The van der Waals surface area contributed by atoms with Crippen molar-refractivity contribution < 1.29 is 14.6 Å². The minimum Gasteiger partial charge on any atom is -0.480 e. The minimum atomic E-state index is -1.09. The van der Waals surface area contributed by atoms with E-state index in [1.54, 1.807) is 0 Å². The van der Waals surface area contributed by atoms with Crippen molar-refractivity contribution in [3.63, 3.8) is 0 Å². The van der Waals surface area contributed by atoms with Gasteiger partial charge in [0.05, 0.1) is 13.2 Å². The minimum absolute atomic E-state index is 0.132. The van der Waals surface area contributed by atoms with Gasteiger partial charge in [0, 0.05) is 18.6 Å². The summed E-state index contributed by atoms with van der Waals surface area (Å²) in [7, 11) is 0. The second kappa shape index (κ2) is 4.23. The van der Waals surface area contributed by atoms with E-state index in [4.69, 9.17) is 10.5 Å². The summed E-state index contributed by atoms with van der Waals surface area (Å²) in [5.74, 6) is -0.735. The molecule has 5 nitrogen and oxygen atoms in total. The molecule has 0 aromatic carbocycles. The summed E-state index contributed by atoms with van der Waals surface area (Å²) in [4.78, 5) is 13.6. The molecule has 0 amide bonds. The van der Waals surface area contributed by atoms with Gasteiger partial charge in [-0.3, -0.25) is 9.69 Å². The summed E-state index contributed by atoms with van der Waals surface area (Å²) in [6.07, 6.45) is 1.88. The second-order valence-electron chi connectivity index (χ2n) is 5.91. The Morgan fingerprint density at radius 1 is 1.59 bits per heavy atom. The van der Waals surface area contributed by atoms with Gasteiger partial charge in [-0.2, -0.15) is 0 Å². The smallest absolute Gasteiger partial charge is 0.325 e. The Morgan fingerprint density at radius 2 is 2.24 bits per heavy atom. The molecule has 5 heteroatoms. The van der Waals surface area contributed by atoms with Crippen LogP contribution in [-0.4, -0.2) is 53.4 Å². The number of aliphatic carboxylic acids is 1. The summed E-state index contributed by atoms with van der Waals surface area (Å²) < 4.78 is 5.44. The molecule has 0 aromatic heterocycles. The number of nitrogens with two attached hydrogens (primary N) is 1. The molecule has 1 aliphatic carbocycles. The molecule has 98 valence electrons. The van der Waals surface area contributed by atoms with Crippen LogP contribution in [0.1, 0.15) is 26.7 Å². The molecule has 1 saturated heterocycles. The van der Waals surface area contributed by atoms with Crippen molar-refractivity contribution in [2.75, 3.05) is 26.3 Å². The average Bonchev–Trinajstić information content (AvgIpc) is 3.04. The van der Waals surface area contributed by atoms with Gasteiger partial charge in [-0.05, 0) is 32.6 Å². The predicted octanol–water partition coefficient (Wildman–Crippen LogP) is 0.289. The number of nitrogens with zero attached hydrogens (tertiary/aromatic N) is 1. The zero-order valence-corrected chi connectivity index (χ0v) is 10.6.